The Balaban J connectivity index is 0.00000200. The van der Waals surface area contributed by atoms with Gasteiger partial charge in [-0.2, -0.15) is 0 Å². The van der Waals surface area contributed by atoms with Crippen LogP contribution < -0.4 is 10.6 Å². The molecule has 2 unspecified atom stereocenters. The third-order valence-electron chi connectivity index (χ3n) is 3.27. The second-order valence-electron chi connectivity index (χ2n) is 4.59. The first-order valence-corrected chi connectivity index (χ1v) is 6.03. The van der Waals surface area contributed by atoms with Crippen LogP contribution in [0.25, 0.3) is 0 Å². The van der Waals surface area contributed by atoms with Crippen molar-refractivity contribution >= 4 is 18.3 Å². The highest BCUT2D eigenvalue weighted by Gasteiger charge is 2.29. The number of halogens is 3. The largest absolute Gasteiger partial charge is 0.378 e. The highest BCUT2D eigenvalue weighted by Crippen LogP contribution is 2.15. The Morgan fingerprint density at radius 3 is 2.70 bits per heavy atom. The quantitative estimate of drug-likeness (QED) is 0.888. The van der Waals surface area contributed by atoms with Crippen LogP contribution >= 0.6 is 12.4 Å². The maximum atomic E-state index is 13.6. The van der Waals surface area contributed by atoms with E-state index in [1.807, 2.05) is 0 Å². The van der Waals surface area contributed by atoms with Crippen molar-refractivity contribution < 1.29 is 18.3 Å². The summed E-state index contributed by atoms with van der Waals surface area (Å²) in [5.74, 6) is -2.08. The standard InChI is InChI=1S/C13H16F2N2O2.ClH/c1-7-3-8(10(15)4-9(7)14)13(18)17-11-5-16-6-12(11)19-2;/h3-4,11-12,16H,5-6H2,1-2H3,(H,17,18);1H. The smallest absolute Gasteiger partial charge is 0.254 e. The normalized spacial score (nSPS) is 21.4. The van der Waals surface area contributed by atoms with Crippen molar-refractivity contribution in [1.82, 2.24) is 10.6 Å². The molecule has 0 saturated carbocycles. The Hall–Kier alpha value is -1.24. The van der Waals surface area contributed by atoms with Crippen molar-refractivity contribution in [2.75, 3.05) is 20.2 Å². The highest BCUT2D eigenvalue weighted by molar-refractivity contribution is 5.95. The molecule has 0 spiro atoms. The molecule has 1 fully saturated rings. The van der Waals surface area contributed by atoms with Crippen LogP contribution in [0.4, 0.5) is 8.78 Å². The summed E-state index contributed by atoms with van der Waals surface area (Å²) >= 11 is 0. The van der Waals surface area contributed by atoms with Gasteiger partial charge >= 0.3 is 0 Å². The first-order chi connectivity index (χ1) is 9.02. The fraction of sp³-hybridized carbons (Fsp3) is 0.462. The summed E-state index contributed by atoms with van der Waals surface area (Å²) in [7, 11) is 1.56. The van der Waals surface area contributed by atoms with Crippen molar-refractivity contribution in [3.8, 4) is 0 Å². The van der Waals surface area contributed by atoms with Crippen LogP contribution in [0.1, 0.15) is 15.9 Å². The van der Waals surface area contributed by atoms with Crippen molar-refractivity contribution in [2.24, 2.45) is 0 Å². The van der Waals surface area contributed by atoms with Gasteiger partial charge in [-0.1, -0.05) is 0 Å². The molecule has 0 radical (unpaired) electrons. The molecule has 0 aromatic heterocycles. The molecule has 1 amide bonds. The third-order valence-corrected chi connectivity index (χ3v) is 3.27. The molecule has 1 saturated heterocycles. The number of rotatable bonds is 3. The van der Waals surface area contributed by atoms with E-state index in [0.29, 0.717) is 13.1 Å². The van der Waals surface area contributed by atoms with E-state index in [0.717, 1.165) is 6.07 Å². The minimum atomic E-state index is -0.861. The van der Waals surface area contributed by atoms with E-state index < -0.39 is 17.5 Å². The molecule has 2 N–H and O–H groups in total. The molecule has 1 heterocycles. The van der Waals surface area contributed by atoms with E-state index in [4.69, 9.17) is 4.74 Å². The summed E-state index contributed by atoms with van der Waals surface area (Å²) in [5.41, 5.74) is 0.0834. The maximum Gasteiger partial charge on any atom is 0.254 e. The minimum absolute atomic E-state index is 0. The summed E-state index contributed by atoms with van der Waals surface area (Å²) < 4.78 is 31.9. The molecule has 2 rings (SSSR count). The lowest BCUT2D eigenvalue weighted by Crippen LogP contribution is -2.43. The molecule has 1 aromatic rings. The third kappa shape index (κ3) is 3.45. The predicted octanol–water partition coefficient (Wildman–Crippen LogP) is 1.41. The SMILES string of the molecule is COC1CNCC1NC(=O)c1cc(C)c(F)cc1F.Cl. The average Bonchev–Trinajstić information content (AvgIpc) is 2.80. The summed E-state index contributed by atoms with van der Waals surface area (Å²) in [6.07, 6.45) is -0.145. The maximum absolute atomic E-state index is 13.6. The average molecular weight is 307 g/mol. The van der Waals surface area contributed by atoms with Gasteiger partial charge < -0.3 is 15.4 Å². The summed E-state index contributed by atoms with van der Waals surface area (Å²) in [6, 6.07) is 1.72. The molecule has 7 heteroatoms. The van der Waals surface area contributed by atoms with E-state index in [2.05, 4.69) is 10.6 Å². The second kappa shape index (κ2) is 6.97. The van der Waals surface area contributed by atoms with Crippen molar-refractivity contribution in [3.05, 3.63) is 34.9 Å². The summed E-state index contributed by atoms with van der Waals surface area (Å²) in [6.45, 7) is 2.68. The monoisotopic (exact) mass is 306 g/mol. The van der Waals surface area contributed by atoms with E-state index in [9.17, 15) is 13.6 Å². The van der Waals surface area contributed by atoms with Crippen LogP contribution in [0.5, 0.6) is 0 Å². The Bertz CT molecular complexity index is 500. The van der Waals surface area contributed by atoms with Crippen LogP contribution in [0.2, 0.25) is 0 Å². The van der Waals surface area contributed by atoms with Gasteiger partial charge in [0.1, 0.15) is 11.6 Å². The number of amides is 1. The zero-order chi connectivity index (χ0) is 14.0. The molecule has 2 atom stereocenters. The Kier molecular flexibility index (Phi) is 5.86. The van der Waals surface area contributed by atoms with Crippen LogP contribution in [-0.2, 0) is 4.74 Å². The number of nitrogens with one attached hydrogen (secondary N) is 2. The first kappa shape index (κ1) is 16.8. The first-order valence-electron chi connectivity index (χ1n) is 6.03. The Labute approximate surface area is 122 Å². The van der Waals surface area contributed by atoms with Crippen LogP contribution in [0, 0.1) is 18.6 Å². The van der Waals surface area contributed by atoms with Gasteiger partial charge in [-0.3, -0.25) is 4.79 Å². The number of hydrogen-bond acceptors (Lipinski definition) is 3. The minimum Gasteiger partial charge on any atom is -0.378 e. The van der Waals surface area contributed by atoms with Gasteiger partial charge in [0.15, 0.2) is 0 Å². The van der Waals surface area contributed by atoms with Gasteiger partial charge in [0.05, 0.1) is 17.7 Å². The van der Waals surface area contributed by atoms with Crippen LogP contribution in [-0.4, -0.2) is 38.3 Å². The van der Waals surface area contributed by atoms with E-state index in [-0.39, 0.29) is 35.7 Å². The van der Waals surface area contributed by atoms with Gasteiger partial charge in [-0.05, 0) is 18.6 Å². The fourth-order valence-corrected chi connectivity index (χ4v) is 2.12. The molecular weight excluding hydrogens is 290 g/mol. The number of carbonyl (C=O) groups is 1. The molecule has 0 bridgehead atoms. The summed E-state index contributed by atoms with van der Waals surface area (Å²) in [4.78, 5) is 12.0. The van der Waals surface area contributed by atoms with E-state index in [1.54, 1.807) is 7.11 Å². The summed E-state index contributed by atoms with van der Waals surface area (Å²) in [5, 5.41) is 5.77. The van der Waals surface area contributed by atoms with Gasteiger partial charge in [-0.15, -0.1) is 12.4 Å². The number of benzene rings is 1. The van der Waals surface area contributed by atoms with Crippen LogP contribution in [0.3, 0.4) is 0 Å². The highest BCUT2D eigenvalue weighted by atomic mass is 35.5. The van der Waals surface area contributed by atoms with Gasteiger partial charge in [-0.25, -0.2) is 8.78 Å². The van der Waals surface area contributed by atoms with Gasteiger partial charge in [0, 0.05) is 26.3 Å². The number of hydrogen-bond donors (Lipinski definition) is 2. The lowest BCUT2D eigenvalue weighted by atomic mass is 10.1. The van der Waals surface area contributed by atoms with Crippen molar-refractivity contribution in [1.29, 1.82) is 0 Å². The zero-order valence-corrected chi connectivity index (χ0v) is 12.0. The molecule has 1 aliphatic heterocycles. The molecule has 0 aliphatic carbocycles. The van der Waals surface area contributed by atoms with Gasteiger partial charge in [0.25, 0.3) is 5.91 Å². The zero-order valence-electron chi connectivity index (χ0n) is 11.2. The predicted molar refractivity (Wildman–Crippen MR) is 73.3 cm³/mol. The fourth-order valence-electron chi connectivity index (χ4n) is 2.12. The van der Waals surface area contributed by atoms with E-state index >= 15 is 0 Å². The molecule has 1 aromatic carbocycles. The molecule has 4 nitrogen and oxygen atoms in total. The Morgan fingerprint density at radius 2 is 2.05 bits per heavy atom. The lowest BCUT2D eigenvalue weighted by molar-refractivity contribution is 0.0777. The number of carbonyl (C=O) groups excluding carboxylic acids is 1. The molecule has 112 valence electrons. The number of aryl methyl sites for hydroxylation is 1. The lowest BCUT2D eigenvalue weighted by Gasteiger charge is -2.18. The van der Waals surface area contributed by atoms with E-state index in [1.165, 1.54) is 13.0 Å². The molecule has 1 aliphatic rings. The number of methoxy groups -OCH3 is 1. The topological polar surface area (TPSA) is 50.4 Å². The number of ether oxygens (including phenoxy) is 1. The van der Waals surface area contributed by atoms with Crippen molar-refractivity contribution in [2.45, 2.75) is 19.1 Å². The second-order valence-corrected chi connectivity index (χ2v) is 4.59. The van der Waals surface area contributed by atoms with Crippen molar-refractivity contribution in [3.63, 3.8) is 0 Å². The van der Waals surface area contributed by atoms with Crippen LogP contribution in [0.15, 0.2) is 12.1 Å². The van der Waals surface area contributed by atoms with Gasteiger partial charge in [0.2, 0.25) is 0 Å². The molecular formula is C13H17ClF2N2O2. The Morgan fingerprint density at radius 1 is 1.35 bits per heavy atom. The molecule has 20 heavy (non-hydrogen) atoms.